The molecule has 118 valence electrons. The molecule has 0 unspecified atom stereocenters. The van der Waals surface area contributed by atoms with Gasteiger partial charge in [-0.15, -0.1) is 0 Å². The number of hydrogen-bond acceptors (Lipinski definition) is 3. The minimum Gasteiger partial charge on any atom is -0.378 e. The molecule has 0 bridgehead atoms. The van der Waals surface area contributed by atoms with E-state index in [9.17, 15) is 8.42 Å². The second kappa shape index (κ2) is 7.22. The van der Waals surface area contributed by atoms with Crippen molar-refractivity contribution in [1.82, 2.24) is 4.31 Å². The molecule has 1 aromatic rings. The fourth-order valence-corrected chi connectivity index (χ4v) is 4.79. The normalized spacial score (nSPS) is 18.3. The lowest BCUT2D eigenvalue weighted by Crippen LogP contribution is -2.41. The van der Waals surface area contributed by atoms with Crippen LogP contribution in [0, 0.1) is 5.92 Å². The summed E-state index contributed by atoms with van der Waals surface area (Å²) in [5.74, 6) is 0.507. The molecule has 1 aromatic carbocycles. The van der Waals surface area contributed by atoms with Gasteiger partial charge in [0.15, 0.2) is 0 Å². The lowest BCUT2D eigenvalue weighted by atomic mass is 10.1. The molecule has 1 heterocycles. The zero-order valence-electron chi connectivity index (χ0n) is 12.5. The molecule has 0 atom stereocenters. The Hall–Kier alpha value is -0.430. The second-order valence-corrected chi connectivity index (χ2v) is 8.52. The Morgan fingerprint density at radius 2 is 1.90 bits per heavy atom. The van der Waals surface area contributed by atoms with Gasteiger partial charge in [0.1, 0.15) is 0 Å². The van der Waals surface area contributed by atoms with Gasteiger partial charge in [-0.25, -0.2) is 8.42 Å². The first kappa shape index (κ1) is 16.9. The van der Waals surface area contributed by atoms with Gasteiger partial charge in [0.25, 0.3) is 0 Å². The van der Waals surface area contributed by atoms with E-state index in [2.05, 4.69) is 29.8 Å². The molecule has 1 saturated heterocycles. The highest BCUT2D eigenvalue weighted by atomic mass is 79.9. The van der Waals surface area contributed by atoms with Crippen LogP contribution in [-0.4, -0.2) is 38.5 Å². The smallest absolute Gasteiger partial charge is 0.244 e. The van der Waals surface area contributed by atoms with E-state index in [1.807, 2.05) is 6.07 Å². The zero-order valence-corrected chi connectivity index (χ0v) is 14.9. The highest BCUT2D eigenvalue weighted by Crippen LogP contribution is 2.27. The van der Waals surface area contributed by atoms with E-state index < -0.39 is 10.0 Å². The topological polar surface area (TPSA) is 46.6 Å². The van der Waals surface area contributed by atoms with Crippen molar-refractivity contribution >= 4 is 26.0 Å². The van der Waals surface area contributed by atoms with Crippen LogP contribution < -0.4 is 0 Å². The Kier molecular flexibility index (Phi) is 5.82. The molecule has 6 heteroatoms. The van der Waals surface area contributed by atoms with Crippen molar-refractivity contribution in [3.8, 4) is 0 Å². The monoisotopic (exact) mass is 375 g/mol. The molecule has 0 N–H and O–H groups in total. The first-order valence-corrected chi connectivity index (χ1v) is 9.51. The summed E-state index contributed by atoms with van der Waals surface area (Å²) in [6, 6.07) is 6.96. The van der Waals surface area contributed by atoms with Crippen LogP contribution in [0.25, 0.3) is 0 Å². The van der Waals surface area contributed by atoms with Crippen LogP contribution in [0.3, 0.4) is 0 Å². The van der Waals surface area contributed by atoms with Crippen LogP contribution in [0.2, 0.25) is 0 Å². The Morgan fingerprint density at radius 1 is 1.29 bits per heavy atom. The van der Waals surface area contributed by atoms with Crippen LogP contribution >= 0.6 is 15.9 Å². The van der Waals surface area contributed by atoms with E-state index in [0.717, 1.165) is 19.4 Å². The summed E-state index contributed by atoms with van der Waals surface area (Å²) in [5, 5.41) is 0. The lowest BCUT2D eigenvalue weighted by molar-refractivity contribution is 0.00748. The predicted molar refractivity (Wildman–Crippen MR) is 86.7 cm³/mol. The number of benzene rings is 1. The summed E-state index contributed by atoms with van der Waals surface area (Å²) in [6.07, 6.45) is 1.70. The largest absolute Gasteiger partial charge is 0.378 e. The van der Waals surface area contributed by atoms with Gasteiger partial charge in [-0.05, 0) is 46.8 Å². The van der Waals surface area contributed by atoms with Gasteiger partial charge in [-0.3, -0.25) is 0 Å². The van der Waals surface area contributed by atoms with E-state index in [-0.39, 0.29) is 6.10 Å². The van der Waals surface area contributed by atoms with E-state index in [4.69, 9.17) is 4.74 Å². The quantitative estimate of drug-likeness (QED) is 0.793. The third kappa shape index (κ3) is 4.28. The van der Waals surface area contributed by atoms with Gasteiger partial charge < -0.3 is 4.74 Å². The maximum absolute atomic E-state index is 12.6. The number of hydrogen-bond donors (Lipinski definition) is 0. The first-order chi connectivity index (χ1) is 9.91. The average Bonchev–Trinajstić information content (AvgIpc) is 2.46. The minimum absolute atomic E-state index is 0.179. The molecule has 21 heavy (non-hydrogen) atoms. The minimum atomic E-state index is -3.42. The van der Waals surface area contributed by atoms with Crippen LogP contribution in [0.4, 0.5) is 0 Å². The van der Waals surface area contributed by atoms with Crippen molar-refractivity contribution < 1.29 is 13.2 Å². The first-order valence-electron chi connectivity index (χ1n) is 7.27. The Bertz CT molecular complexity index is 566. The van der Waals surface area contributed by atoms with Gasteiger partial charge >= 0.3 is 0 Å². The number of rotatable bonds is 5. The van der Waals surface area contributed by atoms with E-state index in [1.54, 1.807) is 22.5 Å². The van der Waals surface area contributed by atoms with E-state index in [1.165, 1.54) is 0 Å². The molecular weight excluding hydrogens is 354 g/mol. The number of piperidine rings is 1. The summed E-state index contributed by atoms with van der Waals surface area (Å²) >= 11 is 3.32. The third-order valence-electron chi connectivity index (χ3n) is 3.52. The number of nitrogens with zero attached hydrogens (tertiary/aromatic N) is 1. The van der Waals surface area contributed by atoms with Gasteiger partial charge in [0.05, 0.1) is 11.0 Å². The van der Waals surface area contributed by atoms with Crippen LogP contribution in [-0.2, 0) is 14.8 Å². The van der Waals surface area contributed by atoms with Crippen molar-refractivity contribution in [1.29, 1.82) is 0 Å². The van der Waals surface area contributed by atoms with Crippen molar-refractivity contribution in [2.75, 3.05) is 19.7 Å². The van der Waals surface area contributed by atoms with E-state index in [0.29, 0.717) is 28.4 Å². The van der Waals surface area contributed by atoms with Crippen LogP contribution in [0.15, 0.2) is 33.6 Å². The summed E-state index contributed by atoms with van der Waals surface area (Å²) in [6.45, 7) is 6.01. The average molecular weight is 376 g/mol. The molecule has 0 amide bonds. The maximum atomic E-state index is 12.6. The molecule has 0 aliphatic carbocycles. The SMILES string of the molecule is CC(C)COC1CCN(S(=O)(=O)c2ccccc2Br)CC1. The number of sulfonamides is 1. The Labute approximate surface area is 135 Å². The molecular formula is C15H22BrNO3S. The zero-order chi connectivity index (χ0) is 15.5. The van der Waals surface area contributed by atoms with Crippen molar-refractivity contribution in [2.24, 2.45) is 5.92 Å². The summed E-state index contributed by atoms with van der Waals surface area (Å²) in [7, 11) is -3.42. The molecule has 1 aliphatic heterocycles. The summed E-state index contributed by atoms with van der Waals surface area (Å²) in [5.41, 5.74) is 0. The summed E-state index contributed by atoms with van der Waals surface area (Å²) < 4.78 is 33.2. The van der Waals surface area contributed by atoms with Gasteiger partial charge in [-0.2, -0.15) is 4.31 Å². The molecule has 4 nitrogen and oxygen atoms in total. The van der Waals surface area contributed by atoms with Crippen molar-refractivity contribution in [2.45, 2.75) is 37.7 Å². The highest BCUT2D eigenvalue weighted by molar-refractivity contribution is 9.10. The Morgan fingerprint density at radius 3 is 2.48 bits per heavy atom. The summed E-state index contributed by atoms with van der Waals surface area (Å²) in [4.78, 5) is 0.339. The number of ether oxygens (including phenoxy) is 1. The van der Waals surface area contributed by atoms with Crippen molar-refractivity contribution in [3.63, 3.8) is 0 Å². The standard InChI is InChI=1S/C15H22BrNO3S/c1-12(2)11-20-13-7-9-17(10-8-13)21(18,19)15-6-4-3-5-14(15)16/h3-6,12-13H,7-11H2,1-2H3. The third-order valence-corrected chi connectivity index (χ3v) is 6.43. The predicted octanol–water partition coefficient (Wildman–Crippen LogP) is 3.27. The Balaban J connectivity index is 2.00. The van der Waals surface area contributed by atoms with Crippen LogP contribution in [0.5, 0.6) is 0 Å². The molecule has 0 spiro atoms. The highest BCUT2D eigenvalue weighted by Gasteiger charge is 2.30. The molecule has 0 radical (unpaired) electrons. The van der Waals surface area contributed by atoms with Gasteiger partial charge in [0, 0.05) is 24.2 Å². The van der Waals surface area contributed by atoms with Crippen molar-refractivity contribution in [3.05, 3.63) is 28.7 Å². The molecule has 0 saturated carbocycles. The van der Waals surface area contributed by atoms with Crippen LogP contribution in [0.1, 0.15) is 26.7 Å². The molecule has 2 rings (SSSR count). The lowest BCUT2D eigenvalue weighted by Gasteiger charge is -2.31. The number of halogens is 1. The molecule has 1 aliphatic rings. The van der Waals surface area contributed by atoms with E-state index >= 15 is 0 Å². The van der Waals surface area contributed by atoms with Gasteiger partial charge in [-0.1, -0.05) is 26.0 Å². The maximum Gasteiger partial charge on any atom is 0.244 e. The fourth-order valence-electron chi connectivity index (χ4n) is 2.36. The fraction of sp³-hybridized carbons (Fsp3) is 0.600. The molecule has 0 aromatic heterocycles. The van der Waals surface area contributed by atoms with Gasteiger partial charge in [0.2, 0.25) is 10.0 Å². The molecule has 1 fully saturated rings. The second-order valence-electron chi connectivity index (χ2n) is 5.76.